The maximum absolute atomic E-state index is 10.3. The van der Waals surface area contributed by atoms with Gasteiger partial charge < -0.3 is 14.9 Å². The third-order valence-corrected chi connectivity index (χ3v) is 2.90. The van der Waals surface area contributed by atoms with E-state index in [0.717, 1.165) is 0 Å². The highest BCUT2D eigenvalue weighted by atomic mass is 16.5. The molecular weight excluding hydrogens is 180 g/mol. The Labute approximate surface area is 81.3 Å². The summed E-state index contributed by atoms with van der Waals surface area (Å²) in [5.41, 5.74) is -0.646. The quantitative estimate of drug-likeness (QED) is 0.639. The number of aliphatic hydroxyl groups is 2. The van der Waals surface area contributed by atoms with Crippen LogP contribution in [-0.4, -0.2) is 16.3 Å². The van der Waals surface area contributed by atoms with E-state index in [0.29, 0.717) is 23.5 Å². The summed E-state index contributed by atoms with van der Waals surface area (Å²) in [5, 5.41) is 20.0. The van der Waals surface area contributed by atoms with E-state index >= 15 is 0 Å². The van der Waals surface area contributed by atoms with Crippen molar-refractivity contribution >= 4 is 0 Å². The minimum absolute atomic E-state index is 0.445. The van der Waals surface area contributed by atoms with Crippen LogP contribution in [0.5, 0.6) is 5.75 Å². The van der Waals surface area contributed by atoms with Crippen LogP contribution in [0.4, 0.5) is 0 Å². The smallest absolute Gasteiger partial charge is 0.176 e. The van der Waals surface area contributed by atoms with Gasteiger partial charge in [0.05, 0.1) is 6.10 Å². The first kappa shape index (κ1) is 8.03. The highest BCUT2D eigenvalue weighted by Gasteiger charge is 2.52. The standard InChI is InChI=1S/C11H10O3/c12-9-5-6-10-11(9,13)7-3-1-2-4-8(7)14-10/h1-4,6,9,12-13H,5H2. The minimum atomic E-state index is -1.31. The Morgan fingerprint density at radius 2 is 2.14 bits per heavy atom. The Balaban J connectivity index is 2.24. The molecule has 3 nitrogen and oxygen atoms in total. The van der Waals surface area contributed by atoms with Gasteiger partial charge in [-0.15, -0.1) is 0 Å². The summed E-state index contributed by atoms with van der Waals surface area (Å²) in [4.78, 5) is 0. The van der Waals surface area contributed by atoms with Gasteiger partial charge in [0, 0.05) is 5.56 Å². The molecule has 1 aromatic rings. The largest absolute Gasteiger partial charge is 0.458 e. The zero-order chi connectivity index (χ0) is 9.76. The Bertz CT molecular complexity index is 424. The van der Waals surface area contributed by atoms with E-state index in [-0.39, 0.29) is 0 Å². The summed E-state index contributed by atoms with van der Waals surface area (Å²) in [5.74, 6) is 1.10. The Kier molecular flexibility index (Phi) is 1.36. The van der Waals surface area contributed by atoms with Gasteiger partial charge in [-0.2, -0.15) is 0 Å². The molecule has 0 fully saturated rings. The van der Waals surface area contributed by atoms with Crippen molar-refractivity contribution < 1.29 is 14.9 Å². The topological polar surface area (TPSA) is 49.7 Å². The molecule has 3 heteroatoms. The molecule has 0 saturated carbocycles. The molecule has 1 aliphatic heterocycles. The molecule has 0 saturated heterocycles. The lowest BCUT2D eigenvalue weighted by molar-refractivity contribution is -0.0459. The van der Waals surface area contributed by atoms with Gasteiger partial charge in [-0.3, -0.25) is 0 Å². The van der Waals surface area contributed by atoms with Crippen molar-refractivity contribution in [3.63, 3.8) is 0 Å². The lowest BCUT2D eigenvalue weighted by Crippen LogP contribution is -2.35. The highest BCUT2D eigenvalue weighted by molar-refractivity contribution is 5.51. The lowest BCUT2D eigenvalue weighted by Gasteiger charge is -2.22. The van der Waals surface area contributed by atoms with Crippen LogP contribution in [-0.2, 0) is 5.60 Å². The van der Waals surface area contributed by atoms with Gasteiger partial charge in [0.1, 0.15) is 11.5 Å². The van der Waals surface area contributed by atoms with E-state index in [1.807, 2.05) is 12.1 Å². The zero-order valence-electron chi connectivity index (χ0n) is 7.47. The highest BCUT2D eigenvalue weighted by Crippen LogP contribution is 2.49. The normalized spacial score (nSPS) is 33.3. The molecule has 2 atom stereocenters. The number of aliphatic hydroxyl groups excluding tert-OH is 1. The molecule has 0 radical (unpaired) electrons. The van der Waals surface area contributed by atoms with E-state index in [4.69, 9.17) is 4.74 Å². The number of rotatable bonds is 0. The average Bonchev–Trinajstić information content (AvgIpc) is 2.63. The van der Waals surface area contributed by atoms with Crippen molar-refractivity contribution in [2.24, 2.45) is 0 Å². The van der Waals surface area contributed by atoms with E-state index < -0.39 is 11.7 Å². The monoisotopic (exact) mass is 190 g/mol. The van der Waals surface area contributed by atoms with Gasteiger partial charge in [0.25, 0.3) is 0 Å². The van der Waals surface area contributed by atoms with Gasteiger partial charge in [0.2, 0.25) is 0 Å². The van der Waals surface area contributed by atoms with Gasteiger partial charge in [-0.1, -0.05) is 18.2 Å². The molecule has 2 aliphatic rings. The SMILES string of the molecule is OC1CC=C2Oc3ccccc3C21O. The zero-order valence-corrected chi connectivity index (χ0v) is 7.47. The summed E-state index contributed by atoms with van der Waals surface area (Å²) in [6.07, 6.45) is 1.39. The van der Waals surface area contributed by atoms with Crippen LogP contribution in [0, 0.1) is 0 Å². The van der Waals surface area contributed by atoms with Crippen molar-refractivity contribution in [2.75, 3.05) is 0 Å². The molecule has 72 valence electrons. The first-order valence-electron chi connectivity index (χ1n) is 4.61. The Morgan fingerprint density at radius 1 is 1.36 bits per heavy atom. The second-order valence-corrected chi connectivity index (χ2v) is 3.68. The van der Waals surface area contributed by atoms with E-state index in [9.17, 15) is 10.2 Å². The first-order chi connectivity index (χ1) is 6.73. The summed E-state index contributed by atoms with van der Waals surface area (Å²) in [6.45, 7) is 0. The molecule has 0 aromatic heterocycles. The molecule has 3 rings (SSSR count). The molecular formula is C11H10O3. The van der Waals surface area contributed by atoms with Crippen LogP contribution in [0.25, 0.3) is 0 Å². The van der Waals surface area contributed by atoms with Gasteiger partial charge in [-0.05, 0) is 18.6 Å². The van der Waals surface area contributed by atoms with Crippen LogP contribution >= 0.6 is 0 Å². The Morgan fingerprint density at radius 3 is 3.00 bits per heavy atom. The fraction of sp³-hybridized carbons (Fsp3) is 0.273. The maximum atomic E-state index is 10.3. The summed E-state index contributed by atoms with van der Waals surface area (Å²) in [6, 6.07) is 7.24. The first-order valence-corrected chi connectivity index (χ1v) is 4.61. The molecule has 14 heavy (non-hydrogen) atoms. The van der Waals surface area contributed by atoms with E-state index in [1.54, 1.807) is 18.2 Å². The number of fused-ring (bicyclic) bond motifs is 3. The number of hydrogen-bond donors (Lipinski definition) is 2. The molecule has 0 bridgehead atoms. The van der Waals surface area contributed by atoms with Crippen LogP contribution in [0.1, 0.15) is 12.0 Å². The third-order valence-electron chi connectivity index (χ3n) is 2.90. The molecule has 2 unspecified atom stereocenters. The third kappa shape index (κ3) is 0.744. The Hall–Kier alpha value is -1.32. The van der Waals surface area contributed by atoms with Crippen LogP contribution in [0.3, 0.4) is 0 Å². The van der Waals surface area contributed by atoms with Crippen molar-refractivity contribution in [1.29, 1.82) is 0 Å². The van der Waals surface area contributed by atoms with Crippen molar-refractivity contribution in [3.05, 3.63) is 41.7 Å². The van der Waals surface area contributed by atoms with E-state index in [2.05, 4.69) is 0 Å². The van der Waals surface area contributed by atoms with E-state index in [1.165, 1.54) is 0 Å². The van der Waals surface area contributed by atoms with Gasteiger partial charge >= 0.3 is 0 Å². The molecule has 1 heterocycles. The fourth-order valence-electron chi connectivity index (χ4n) is 2.13. The molecule has 1 aliphatic carbocycles. The second kappa shape index (κ2) is 2.38. The number of ether oxygens (including phenoxy) is 1. The van der Waals surface area contributed by atoms with Crippen LogP contribution < -0.4 is 4.74 Å². The van der Waals surface area contributed by atoms with Crippen LogP contribution in [0.15, 0.2) is 36.1 Å². The van der Waals surface area contributed by atoms with Crippen LogP contribution in [0.2, 0.25) is 0 Å². The molecule has 2 N–H and O–H groups in total. The van der Waals surface area contributed by atoms with Crippen molar-refractivity contribution in [3.8, 4) is 5.75 Å². The van der Waals surface area contributed by atoms with Crippen molar-refractivity contribution in [1.82, 2.24) is 0 Å². The van der Waals surface area contributed by atoms with Gasteiger partial charge in [-0.25, -0.2) is 0 Å². The second-order valence-electron chi connectivity index (χ2n) is 3.68. The summed E-state index contributed by atoms with van der Waals surface area (Å²) in [7, 11) is 0. The number of para-hydroxylation sites is 1. The average molecular weight is 190 g/mol. The molecule has 0 amide bonds. The minimum Gasteiger partial charge on any atom is -0.458 e. The number of hydrogen-bond acceptors (Lipinski definition) is 3. The number of benzene rings is 1. The summed E-state index contributed by atoms with van der Waals surface area (Å²) >= 11 is 0. The van der Waals surface area contributed by atoms with Crippen molar-refractivity contribution in [2.45, 2.75) is 18.1 Å². The predicted octanol–water partition coefficient (Wildman–Crippen LogP) is 0.915. The predicted molar refractivity (Wildman–Crippen MR) is 49.7 cm³/mol. The summed E-state index contributed by atoms with van der Waals surface area (Å²) < 4.78 is 5.46. The maximum Gasteiger partial charge on any atom is 0.176 e. The lowest BCUT2D eigenvalue weighted by atomic mass is 9.91. The molecule has 0 spiro atoms. The molecule has 1 aromatic carbocycles. The van der Waals surface area contributed by atoms with Gasteiger partial charge in [0.15, 0.2) is 5.60 Å². The fourth-order valence-corrected chi connectivity index (χ4v) is 2.13.